The Hall–Kier alpha value is -2.74. The number of aryl methyl sites for hydroxylation is 1. The van der Waals surface area contributed by atoms with E-state index < -0.39 is 6.10 Å². The molecule has 6 nitrogen and oxygen atoms in total. The fourth-order valence-electron chi connectivity index (χ4n) is 3.99. The number of benzene rings is 2. The van der Waals surface area contributed by atoms with Gasteiger partial charge in [0, 0.05) is 44.9 Å². The Morgan fingerprint density at radius 2 is 1.97 bits per heavy atom. The van der Waals surface area contributed by atoms with Crippen molar-refractivity contribution in [3.05, 3.63) is 66.0 Å². The summed E-state index contributed by atoms with van der Waals surface area (Å²) in [4.78, 5) is 2.25. The number of hydrogen-bond acceptors (Lipinski definition) is 5. The average molecular weight is 454 g/mol. The Balaban J connectivity index is 1.66. The zero-order valence-electron chi connectivity index (χ0n) is 19.3. The number of halogens is 1. The van der Waals surface area contributed by atoms with Gasteiger partial charge in [-0.05, 0) is 37.8 Å². The zero-order valence-corrected chi connectivity index (χ0v) is 19.3. The lowest BCUT2D eigenvalue weighted by Gasteiger charge is -2.25. The summed E-state index contributed by atoms with van der Waals surface area (Å²) in [6.07, 6.45) is 1.85. The van der Waals surface area contributed by atoms with Crippen LogP contribution in [0, 0.1) is 11.7 Å². The Bertz CT molecular complexity index is 1040. The summed E-state index contributed by atoms with van der Waals surface area (Å²) >= 11 is 0. The molecule has 0 bridgehead atoms. The fourth-order valence-corrected chi connectivity index (χ4v) is 3.99. The maximum absolute atomic E-state index is 13.8. The monoisotopic (exact) mass is 453 g/mol. The molecule has 1 aliphatic carbocycles. The second-order valence-corrected chi connectivity index (χ2v) is 8.63. The highest BCUT2D eigenvalue weighted by atomic mass is 19.1. The SMILES string of the molecule is CCOC[C@@H](O)CN(Cc1c(-c2ccccc2)nn(C)c1Oc1cccc(F)c1)CC1CC1. The zero-order chi connectivity index (χ0) is 23.2. The van der Waals surface area contributed by atoms with Crippen molar-refractivity contribution in [2.45, 2.75) is 32.4 Å². The van der Waals surface area contributed by atoms with Crippen LogP contribution in [-0.4, -0.2) is 52.2 Å². The summed E-state index contributed by atoms with van der Waals surface area (Å²) in [5.41, 5.74) is 2.72. The third-order valence-electron chi connectivity index (χ3n) is 5.72. The van der Waals surface area contributed by atoms with Crippen molar-refractivity contribution < 1.29 is 19.0 Å². The van der Waals surface area contributed by atoms with E-state index in [4.69, 9.17) is 14.6 Å². The molecule has 7 heteroatoms. The van der Waals surface area contributed by atoms with Gasteiger partial charge in [0.25, 0.3) is 0 Å². The molecule has 0 aliphatic heterocycles. The van der Waals surface area contributed by atoms with E-state index in [0.717, 1.165) is 23.4 Å². The molecule has 1 heterocycles. The molecule has 1 atom stereocenters. The molecule has 1 aromatic heterocycles. The van der Waals surface area contributed by atoms with Crippen molar-refractivity contribution in [3.63, 3.8) is 0 Å². The highest BCUT2D eigenvalue weighted by Crippen LogP contribution is 2.36. The van der Waals surface area contributed by atoms with Crippen LogP contribution in [0.15, 0.2) is 54.6 Å². The van der Waals surface area contributed by atoms with Crippen LogP contribution in [0.3, 0.4) is 0 Å². The molecule has 3 aromatic rings. The molecule has 0 spiro atoms. The second kappa shape index (κ2) is 10.9. The number of rotatable bonds is 12. The molecule has 1 aliphatic rings. The smallest absolute Gasteiger partial charge is 0.222 e. The molecule has 0 amide bonds. The summed E-state index contributed by atoms with van der Waals surface area (Å²) in [5.74, 6) is 1.28. The molecule has 4 rings (SSSR count). The molecule has 1 N–H and O–H groups in total. The van der Waals surface area contributed by atoms with Gasteiger partial charge in [0.1, 0.15) is 17.3 Å². The predicted octanol–water partition coefficient (Wildman–Crippen LogP) is 4.63. The number of aliphatic hydroxyl groups excluding tert-OH is 1. The van der Waals surface area contributed by atoms with E-state index in [0.29, 0.717) is 43.9 Å². The first-order valence-electron chi connectivity index (χ1n) is 11.6. The molecule has 2 aromatic carbocycles. The molecular formula is C26H32FN3O3. The largest absolute Gasteiger partial charge is 0.439 e. The van der Waals surface area contributed by atoms with Crippen molar-refractivity contribution in [2.24, 2.45) is 13.0 Å². The molecule has 0 radical (unpaired) electrons. The number of aliphatic hydroxyl groups is 1. The minimum atomic E-state index is -0.576. The third-order valence-corrected chi connectivity index (χ3v) is 5.72. The van der Waals surface area contributed by atoms with Gasteiger partial charge in [-0.1, -0.05) is 36.4 Å². The predicted molar refractivity (Wildman–Crippen MR) is 126 cm³/mol. The quantitative estimate of drug-likeness (QED) is 0.433. The van der Waals surface area contributed by atoms with Crippen LogP contribution in [0.1, 0.15) is 25.3 Å². The van der Waals surface area contributed by atoms with Gasteiger partial charge >= 0.3 is 0 Å². The summed E-state index contributed by atoms with van der Waals surface area (Å²) < 4.78 is 27.1. The summed E-state index contributed by atoms with van der Waals surface area (Å²) in [6.45, 7) is 4.76. The summed E-state index contributed by atoms with van der Waals surface area (Å²) in [7, 11) is 1.83. The Kier molecular flexibility index (Phi) is 7.75. The van der Waals surface area contributed by atoms with E-state index in [9.17, 15) is 9.50 Å². The van der Waals surface area contributed by atoms with E-state index >= 15 is 0 Å². The number of nitrogens with zero attached hydrogens (tertiary/aromatic N) is 3. The van der Waals surface area contributed by atoms with Crippen LogP contribution in [-0.2, 0) is 18.3 Å². The molecule has 176 valence electrons. The normalized spacial score (nSPS) is 14.6. The van der Waals surface area contributed by atoms with Gasteiger partial charge in [-0.2, -0.15) is 5.10 Å². The van der Waals surface area contributed by atoms with Gasteiger partial charge in [-0.25, -0.2) is 9.07 Å². The van der Waals surface area contributed by atoms with Crippen molar-refractivity contribution >= 4 is 0 Å². The van der Waals surface area contributed by atoms with E-state index in [1.54, 1.807) is 16.8 Å². The third kappa shape index (κ3) is 6.41. The maximum Gasteiger partial charge on any atom is 0.222 e. The maximum atomic E-state index is 13.8. The second-order valence-electron chi connectivity index (χ2n) is 8.63. The van der Waals surface area contributed by atoms with Gasteiger partial charge in [0.05, 0.1) is 18.3 Å². The lowest BCUT2D eigenvalue weighted by molar-refractivity contribution is 0.0186. The summed E-state index contributed by atoms with van der Waals surface area (Å²) in [5, 5.41) is 15.3. The number of hydrogen-bond donors (Lipinski definition) is 1. The van der Waals surface area contributed by atoms with Crippen LogP contribution in [0.5, 0.6) is 11.6 Å². The Labute approximate surface area is 194 Å². The standard InChI is InChI=1S/C26H32FN3O3/c1-3-32-18-22(31)16-30(15-19-12-13-19)17-24-25(20-8-5-4-6-9-20)28-29(2)26(24)33-23-11-7-10-21(27)14-23/h4-11,14,19,22,31H,3,12-13,15-18H2,1-2H3/t22-/m0/s1. The minimum absolute atomic E-state index is 0.308. The Morgan fingerprint density at radius 3 is 2.67 bits per heavy atom. The first-order chi connectivity index (χ1) is 16.0. The Morgan fingerprint density at radius 1 is 1.18 bits per heavy atom. The minimum Gasteiger partial charge on any atom is -0.439 e. The van der Waals surface area contributed by atoms with Crippen molar-refractivity contribution in [3.8, 4) is 22.9 Å². The highest BCUT2D eigenvalue weighted by molar-refractivity contribution is 5.65. The highest BCUT2D eigenvalue weighted by Gasteiger charge is 2.28. The van der Waals surface area contributed by atoms with Gasteiger partial charge in [-0.15, -0.1) is 0 Å². The fraction of sp³-hybridized carbons (Fsp3) is 0.423. The lowest BCUT2D eigenvalue weighted by Crippen LogP contribution is -2.36. The molecule has 33 heavy (non-hydrogen) atoms. The summed E-state index contributed by atoms with van der Waals surface area (Å²) in [6, 6.07) is 16.1. The lowest BCUT2D eigenvalue weighted by atomic mass is 10.1. The molecule has 1 fully saturated rings. The van der Waals surface area contributed by atoms with E-state index in [2.05, 4.69) is 4.90 Å². The molecule has 1 saturated carbocycles. The van der Waals surface area contributed by atoms with Gasteiger partial charge in [-0.3, -0.25) is 4.90 Å². The molecular weight excluding hydrogens is 421 g/mol. The number of ether oxygens (including phenoxy) is 2. The first-order valence-corrected chi connectivity index (χ1v) is 11.6. The van der Waals surface area contributed by atoms with Crippen molar-refractivity contribution in [1.29, 1.82) is 0 Å². The van der Waals surface area contributed by atoms with Gasteiger partial charge < -0.3 is 14.6 Å². The molecule has 0 unspecified atom stereocenters. The van der Waals surface area contributed by atoms with Crippen LogP contribution < -0.4 is 4.74 Å². The van der Waals surface area contributed by atoms with E-state index in [1.807, 2.05) is 44.3 Å². The van der Waals surface area contributed by atoms with E-state index in [-0.39, 0.29) is 5.82 Å². The van der Waals surface area contributed by atoms with Crippen LogP contribution in [0.2, 0.25) is 0 Å². The topological polar surface area (TPSA) is 59.8 Å². The first kappa shape index (κ1) is 23.4. The van der Waals surface area contributed by atoms with Gasteiger partial charge in [0.15, 0.2) is 0 Å². The van der Waals surface area contributed by atoms with Gasteiger partial charge in [0.2, 0.25) is 5.88 Å². The van der Waals surface area contributed by atoms with Crippen LogP contribution >= 0.6 is 0 Å². The van der Waals surface area contributed by atoms with Crippen LogP contribution in [0.4, 0.5) is 4.39 Å². The molecule has 0 saturated heterocycles. The number of aromatic nitrogens is 2. The van der Waals surface area contributed by atoms with E-state index in [1.165, 1.54) is 25.0 Å². The van der Waals surface area contributed by atoms with Crippen molar-refractivity contribution in [1.82, 2.24) is 14.7 Å². The van der Waals surface area contributed by atoms with Crippen molar-refractivity contribution in [2.75, 3.05) is 26.3 Å². The average Bonchev–Trinajstić information content (AvgIpc) is 3.57. The van der Waals surface area contributed by atoms with Crippen LogP contribution in [0.25, 0.3) is 11.3 Å².